The average molecular weight is 303 g/mol. The normalized spacial score (nSPS) is 12.5. The summed E-state index contributed by atoms with van der Waals surface area (Å²) < 4.78 is 20.2. The molecule has 3 aromatic rings. The highest BCUT2D eigenvalue weighted by Gasteiger charge is 2.13. The van der Waals surface area contributed by atoms with Crippen molar-refractivity contribution in [1.82, 2.24) is 14.8 Å². The fourth-order valence-corrected chi connectivity index (χ4v) is 2.93. The molecule has 1 atom stereocenters. The van der Waals surface area contributed by atoms with Gasteiger partial charge in [0.15, 0.2) is 5.16 Å². The fourth-order valence-electron chi connectivity index (χ4n) is 1.97. The molecule has 6 heteroatoms. The summed E-state index contributed by atoms with van der Waals surface area (Å²) in [5.74, 6) is 0.628. The Balaban J connectivity index is 1.73. The molecule has 108 valence electrons. The number of benzene rings is 1. The number of furan rings is 1. The van der Waals surface area contributed by atoms with Gasteiger partial charge in [0.25, 0.3) is 0 Å². The summed E-state index contributed by atoms with van der Waals surface area (Å²) >= 11 is 1.58. The molecule has 0 aliphatic carbocycles. The van der Waals surface area contributed by atoms with Gasteiger partial charge in [0.05, 0.1) is 12.8 Å². The molecule has 0 spiro atoms. The van der Waals surface area contributed by atoms with Gasteiger partial charge < -0.3 is 8.98 Å². The lowest BCUT2D eigenvalue weighted by Crippen LogP contribution is -2.00. The highest BCUT2D eigenvalue weighted by Crippen LogP contribution is 2.33. The van der Waals surface area contributed by atoms with Gasteiger partial charge in [-0.05, 0) is 36.8 Å². The van der Waals surface area contributed by atoms with E-state index in [1.165, 1.54) is 12.1 Å². The maximum Gasteiger partial charge on any atom is 0.192 e. The number of rotatable bonds is 5. The third-order valence-electron chi connectivity index (χ3n) is 3.11. The van der Waals surface area contributed by atoms with Crippen LogP contribution in [0.15, 0.2) is 58.6 Å². The lowest BCUT2D eigenvalue weighted by atomic mass is 10.2. The number of hydrogen-bond acceptors (Lipinski definition) is 4. The van der Waals surface area contributed by atoms with Crippen LogP contribution in [0.3, 0.4) is 0 Å². The number of aromatic nitrogens is 3. The quantitative estimate of drug-likeness (QED) is 0.670. The molecule has 0 fully saturated rings. The molecule has 0 aliphatic heterocycles. The van der Waals surface area contributed by atoms with Crippen molar-refractivity contribution in [3.63, 3.8) is 0 Å². The summed E-state index contributed by atoms with van der Waals surface area (Å²) in [7, 11) is 0. The van der Waals surface area contributed by atoms with Gasteiger partial charge >= 0.3 is 0 Å². The van der Waals surface area contributed by atoms with E-state index in [-0.39, 0.29) is 11.1 Å². The van der Waals surface area contributed by atoms with Gasteiger partial charge in [0, 0.05) is 5.25 Å². The Morgan fingerprint density at radius 2 is 2.10 bits per heavy atom. The number of halogens is 1. The predicted octanol–water partition coefficient (Wildman–Crippen LogP) is 3.91. The summed E-state index contributed by atoms with van der Waals surface area (Å²) in [6.45, 7) is 2.66. The summed E-state index contributed by atoms with van der Waals surface area (Å²) in [5.41, 5.74) is 1.05. The van der Waals surface area contributed by atoms with E-state index in [0.29, 0.717) is 6.54 Å². The van der Waals surface area contributed by atoms with Gasteiger partial charge in [-0.25, -0.2) is 4.39 Å². The Morgan fingerprint density at radius 3 is 2.81 bits per heavy atom. The van der Waals surface area contributed by atoms with Crippen molar-refractivity contribution in [1.29, 1.82) is 0 Å². The van der Waals surface area contributed by atoms with Crippen LogP contribution >= 0.6 is 11.8 Å². The lowest BCUT2D eigenvalue weighted by Gasteiger charge is -2.11. The van der Waals surface area contributed by atoms with E-state index in [1.54, 1.807) is 36.5 Å². The van der Waals surface area contributed by atoms with Crippen LogP contribution in [0.4, 0.5) is 4.39 Å². The largest absolute Gasteiger partial charge is 0.467 e. The predicted molar refractivity (Wildman–Crippen MR) is 78.5 cm³/mol. The minimum Gasteiger partial charge on any atom is -0.467 e. The number of nitrogens with zero attached hydrogens (tertiary/aromatic N) is 3. The number of thioether (sulfide) groups is 1. The van der Waals surface area contributed by atoms with E-state index in [1.807, 2.05) is 16.7 Å². The van der Waals surface area contributed by atoms with E-state index in [9.17, 15) is 4.39 Å². The summed E-state index contributed by atoms with van der Waals surface area (Å²) in [4.78, 5) is 0. The first-order valence-electron chi connectivity index (χ1n) is 6.54. The van der Waals surface area contributed by atoms with Crippen molar-refractivity contribution in [3.05, 3.63) is 66.1 Å². The molecule has 3 rings (SSSR count). The molecule has 0 bridgehead atoms. The Hall–Kier alpha value is -2.08. The zero-order valence-electron chi connectivity index (χ0n) is 11.4. The van der Waals surface area contributed by atoms with Crippen molar-refractivity contribution in [2.24, 2.45) is 0 Å². The second kappa shape index (κ2) is 6.13. The second-order valence-corrected chi connectivity index (χ2v) is 5.94. The van der Waals surface area contributed by atoms with Crippen molar-refractivity contribution in [3.8, 4) is 0 Å². The molecule has 0 amide bonds. The molecular formula is C15H14FN3OS. The van der Waals surface area contributed by atoms with Crippen molar-refractivity contribution < 1.29 is 8.81 Å². The van der Waals surface area contributed by atoms with Gasteiger partial charge in [0.2, 0.25) is 0 Å². The monoisotopic (exact) mass is 303 g/mol. The maximum atomic E-state index is 13.0. The molecule has 0 unspecified atom stereocenters. The molecule has 0 saturated carbocycles. The Morgan fingerprint density at radius 1 is 1.29 bits per heavy atom. The molecule has 0 radical (unpaired) electrons. The molecule has 0 N–H and O–H groups in total. The summed E-state index contributed by atoms with van der Waals surface area (Å²) in [6, 6.07) is 10.3. The van der Waals surface area contributed by atoms with E-state index in [4.69, 9.17) is 4.42 Å². The van der Waals surface area contributed by atoms with Crippen LogP contribution in [0.2, 0.25) is 0 Å². The Bertz CT molecular complexity index is 694. The van der Waals surface area contributed by atoms with Crippen LogP contribution in [-0.2, 0) is 6.54 Å². The standard InChI is InChI=1S/C15H14FN3OS/c1-11(12-4-6-13(16)7-5-12)21-15-18-17-10-19(15)9-14-3-2-8-20-14/h2-8,10-11H,9H2,1H3/t11-/m0/s1. The SMILES string of the molecule is C[C@H](Sc1nncn1Cc1ccco1)c1ccc(F)cc1. The fraction of sp³-hybridized carbons (Fsp3) is 0.200. The third-order valence-corrected chi connectivity index (χ3v) is 4.26. The van der Waals surface area contributed by atoms with E-state index >= 15 is 0 Å². The first kappa shape index (κ1) is 13.9. The Labute approximate surface area is 126 Å². The highest BCUT2D eigenvalue weighted by atomic mass is 32.2. The van der Waals surface area contributed by atoms with Crippen molar-refractivity contribution in [2.75, 3.05) is 0 Å². The van der Waals surface area contributed by atoms with Crippen molar-refractivity contribution >= 4 is 11.8 Å². The first-order valence-corrected chi connectivity index (χ1v) is 7.42. The van der Waals surface area contributed by atoms with Crippen LogP contribution in [0, 0.1) is 5.82 Å². The van der Waals surface area contributed by atoms with E-state index < -0.39 is 0 Å². The lowest BCUT2D eigenvalue weighted by molar-refractivity contribution is 0.484. The van der Waals surface area contributed by atoms with Gasteiger partial charge in [0.1, 0.15) is 17.9 Å². The molecule has 4 nitrogen and oxygen atoms in total. The highest BCUT2D eigenvalue weighted by molar-refractivity contribution is 7.99. The molecule has 2 heterocycles. The van der Waals surface area contributed by atoms with Crippen LogP contribution < -0.4 is 0 Å². The molecule has 0 aliphatic rings. The third kappa shape index (κ3) is 3.33. The smallest absolute Gasteiger partial charge is 0.192 e. The van der Waals surface area contributed by atoms with E-state index in [0.717, 1.165) is 16.5 Å². The minimum absolute atomic E-state index is 0.158. The minimum atomic E-state index is -0.225. The Kier molecular flexibility index (Phi) is 4.06. The van der Waals surface area contributed by atoms with Crippen LogP contribution in [0.25, 0.3) is 0 Å². The van der Waals surface area contributed by atoms with Gasteiger partial charge in [-0.3, -0.25) is 0 Å². The van der Waals surface area contributed by atoms with Crippen molar-refractivity contribution in [2.45, 2.75) is 23.9 Å². The maximum absolute atomic E-state index is 13.0. The summed E-state index contributed by atoms with van der Waals surface area (Å²) in [5, 5.41) is 9.06. The van der Waals surface area contributed by atoms with Gasteiger partial charge in [-0.2, -0.15) is 0 Å². The van der Waals surface area contributed by atoms with Crippen LogP contribution in [0.1, 0.15) is 23.5 Å². The molecular weight excluding hydrogens is 289 g/mol. The molecule has 0 saturated heterocycles. The van der Waals surface area contributed by atoms with Crippen LogP contribution in [0.5, 0.6) is 0 Å². The average Bonchev–Trinajstić information content (AvgIpc) is 3.13. The van der Waals surface area contributed by atoms with Crippen LogP contribution in [-0.4, -0.2) is 14.8 Å². The molecule has 2 aromatic heterocycles. The van der Waals surface area contributed by atoms with E-state index in [2.05, 4.69) is 17.1 Å². The molecule has 21 heavy (non-hydrogen) atoms. The molecule has 1 aromatic carbocycles. The van der Waals surface area contributed by atoms with Gasteiger partial charge in [-0.15, -0.1) is 10.2 Å². The van der Waals surface area contributed by atoms with Gasteiger partial charge in [-0.1, -0.05) is 23.9 Å². The topological polar surface area (TPSA) is 43.9 Å². The summed E-state index contributed by atoms with van der Waals surface area (Å²) in [6.07, 6.45) is 3.33. The zero-order chi connectivity index (χ0) is 14.7. The zero-order valence-corrected chi connectivity index (χ0v) is 12.3. The second-order valence-electron chi connectivity index (χ2n) is 4.63. The first-order chi connectivity index (χ1) is 10.2. The number of hydrogen-bond donors (Lipinski definition) is 0.